The third kappa shape index (κ3) is 5.84. The lowest BCUT2D eigenvalue weighted by atomic mass is 9.95. The second kappa shape index (κ2) is 12.1. The summed E-state index contributed by atoms with van der Waals surface area (Å²) in [7, 11) is 1.56. The van der Waals surface area contributed by atoms with Crippen molar-refractivity contribution < 1.29 is 23.4 Å². The van der Waals surface area contributed by atoms with Gasteiger partial charge in [-0.1, -0.05) is 17.4 Å². The number of carbonyl (C=O) groups is 1. The molecule has 0 fully saturated rings. The van der Waals surface area contributed by atoms with Crippen molar-refractivity contribution in [2.45, 2.75) is 44.0 Å². The van der Waals surface area contributed by atoms with Crippen molar-refractivity contribution in [2.24, 2.45) is 4.99 Å². The molecule has 10 nitrogen and oxygen atoms in total. The molecule has 0 radical (unpaired) electrons. The second-order valence-corrected chi connectivity index (χ2v) is 10.9. The van der Waals surface area contributed by atoms with Gasteiger partial charge in [-0.3, -0.25) is 9.36 Å². The largest absolute Gasteiger partial charge is 0.493 e. The lowest BCUT2D eigenvalue weighted by Crippen LogP contribution is -2.39. The van der Waals surface area contributed by atoms with Gasteiger partial charge in [0.15, 0.2) is 26.5 Å². The number of ether oxygens (including phenoxy) is 3. The highest BCUT2D eigenvalue weighted by Crippen LogP contribution is 2.36. The van der Waals surface area contributed by atoms with Gasteiger partial charge in [-0.15, -0.1) is 0 Å². The summed E-state index contributed by atoms with van der Waals surface area (Å²) in [5, 5.41) is 1.16. The molecule has 12 heteroatoms. The summed E-state index contributed by atoms with van der Waals surface area (Å²) in [5.74, 6) is 1.01. The summed E-state index contributed by atoms with van der Waals surface area (Å²) in [6.07, 6.45) is 3.36. The van der Waals surface area contributed by atoms with Gasteiger partial charge >= 0.3 is 5.97 Å². The average Bonchev–Trinajstić information content (AvgIpc) is 3.51. The van der Waals surface area contributed by atoms with E-state index in [1.165, 1.54) is 27.7 Å². The molecule has 0 aliphatic carbocycles. The molecule has 0 spiro atoms. The first-order valence-corrected chi connectivity index (χ1v) is 14.5. The van der Waals surface area contributed by atoms with Gasteiger partial charge in [0.1, 0.15) is 5.76 Å². The number of thiazole rings is 1. The fourth-order valence-corrected chi connectivity index (χ4v) is 6.18. The molecule has 0 saturated carbocycles. The smallest absolute Gasteiger partial charge is 0.338 e. The highest BCUT2D eigenvalue weighted by molar-refractivity contribution is 7.99. The Morgan fingerprint density at radius 1 is 1.15 bits per heavy atom. The fourth-order valence-electron chi connectivity index (χ4n) is 4.40. The lowest BCUT2D eigenvalue weighted by molar-refractivity contribution is -0.139. The molecule has 5 rings (SSSR count). The third-order valence-electron chi connectivity index (χ3n) is 6.16. The van der Waals surface area contributed by atoms with Crippen LogP contribution in [0.25, 0.3) is 6.08 Å². The zero-order chi connectivity index (χ0) is 29.1. The zero-order valence-electron chi connectivity index (χ0n) is 23.2. The number of methoxy groups -OCH3 is 1. The SMILES string of the molecule is CCOC(=O)C1=C(C)N=c2s/c(=C/c3ccc(Sc4nccc(C)n4)o3)c(=O)n2[C@@H]1c1ccc(OC)c(OCC)c1. The molecule has 0 N–H and O–H groups in total. The number of nitrogens with zero attached hydrogens (tertiary/aromatic N) is 4. The van der Waals surface area contributed by atoms with Crippen LogP contribution in [-0.4, -0.2) is 40.8 Å². The van der Waals surface area contributed by atoms with Crippen molar-refractivity contribution in [1.82, 2.24) is 14.5 Å². The van der Waals surface area contributed by atoms with Gasteiger partial charge in [-0.2, -0.15) is 0 Å². The van der Waals surface area contributed by atoms with Gasteiger partial charge < -0.3 is 18.6 Å². The van der Waals surface area contributed by atoms with Crippen molar-refractivity contribution in [3.63, 3.8) is 0 Å². The number of furan rings is 1. The minimum absolute atomic E-state index is 0.186. The number of hydrogen-bond acceptors (Lipinski definition) is 11. The van der Waals surface area contributed by atoms with E-state index in [2.05, 4.69) is 15.0 Å². The maximum absolute atomic E-state index is 13.9. The predicted molar refractivity (Wildman–Crippen MR) is 154 cm³/mol. The van der Waals surface area contributed by atoms with Crippen molar-refractivity contribution in [3.05, 3.63) is 90.6 Å². The summed E-state index contributed by atoms with van der Waals surface area (Å²) in [6.45, 7) is 7.85. The second-order valence-electron chi connectivity index (χ2n) is 8.89. The standard InChI is InChI=1S/C29H28N4O6S2/c1-6-37-21-14-18(8-10-20(21)36-5)25-24(27(35)38-7-2)17(4)32-29-33(25)26(34)22(40-29)15-19-9-11-23(39-19)41-28-30-13-12-16(3)31-28/h8-15,25H,6-7H2,1-5H3/b22-15+/t25-/m1/s1. The van der Waals surface area contributed by atoms with Gasteiger partial charge in [0, 0.05) is 18.0 Å². The highest BCUT2D eigenvalue weighted by atomic mass is 32.2. The van der Waals surface area contributed by atoms with Crippen molar-refractivity contribution in [2.75, 3.05) is 20.3 Å². The highest BCUT2D eigenvalue weighted by Gasteiger charge is 2.34. The Labute approximate surface area is 244 Å². The van der Waals surface area contributed by atoms with E-state index >= 15 is 0 Å². The van der Waals surface area contributed by atoms with Crippen LogP contribution < -0.4 is 24.4 Å². The van der Waals surface area contributed by atoms with Gasteiger partial charge in [0.2, 0.25) is 0 Å². The van der Waals surface area contributed by atoms with Crippen LogP contribution in [0.15, 0.2) is 78.3 Å². The minimum atomic E-state index is -0.779. The molecular formula is C29H28N4O6S2. The van der Waals surface area contributed by atoms with Crippen LogP contribution in [0.1, 0.15) is 43.8 Å². The van der Waals surface area contributed by atoms with Crippen LogP contribution in [0.4, 0.5) is 0 Å². The Morgan fingerprint density at radius 3 is 2.71 bits per heavy atom. The van der Waals surface area contributed by atoms with E-state index in [0.29, 0.717) is 54.7 Å². The Hall–Kier alpha value is -4.16. The molecule has 1 aliphatic heterocycles. The van der Waals surface area contributed by atoms with Crippen LogP contribution in [0.3, 0.4) is 0 Å². The summed E-state index contributed by atoms with van der Waals surface area (Å²) in [6, 6.07) is 9.98. The number of benzene rings is 1. The van der Waals surface area contributed by atoms with E-state index in [-0.39, 0.29) is 17.7 Å². The first-order valence-electron chi connectivity index (χ1n) is 12.9. The van der Waals surface area contributed by atoms with Crippen LogP contribution in [-0.2, 0) is 9.53 Å². The molecular weight excluding hydrogens is 564 g/mol. The molecule has 4 aromatic rings. The number of aryl methyl sites for hydroxylation is 1. The van der Waals surface area contributed by atoms with E-state index in [0.717, 1.165) is 5.69 Å². The topological polar surface area (TPSA) is 118 Å². The minimum Gasteiger partial charge on any atom is -0.493 e. The molecule has 3 aromatic heterocycles. The van der Waals surface area contributed by atoms with E-state index in [1.807, 2.05) is 26.0 Å². The molecule has 1 aliphatic rings. The molecule has 0 bridgehead atoms. The summed E-state index contributed by atoms with van der Waals surface area (Å²) < 4.78 is 24.5. The number of rotatable bonds is 9. The van der Waals surface area contributed by atoms with Crippen molar-refractivity contribution in [1.29, 1.82) is 0 Å². The first kappa shape index (κ1) is 28.4. The Kier molecular flexibility index (Phi) is 8.41. The van der Waals surface area contributed by atoms with Crippen LogP contribution in [0.5, 0.6) is 11.5 Å². The van der Waals surface area contributed by atoms with Gasteiger partial charge in [-0.25, -0.2) is 19.8 Å². The maximum Gasteiger partial charge on any atom is 0.338 e. The number of carbonyl (C=O) groups excluding carboxylic acids is 1. The molecule has 1 aromatic carbocycles. The van der Waals surface area contributed by atoms with Crippen molar-refractivity contribution >= 4 is 35.1 Å². The maximum atomic E-state index is 13.9. The fraction of sp³-hybridized carbons (Fsp3) is 0.276. The van der Waals surface area contributed by atoms with Gasteiger partial charge in [-0.05, 0) is 75.4 Å². The molecule has 212 valence electrons. The number of hydrogen-bond donors (Lipinski definition) is 0. The number of fused-ring (bicyclic) bond motifs is 1. The van der Waals surface area contributed by atoms with E-state index in [4.69, 9.17) is 18.6 Å². The Bertz CT molecular complexity index is 1820. The Morgan fingerprint density at radius 2 is 1.98 bits per heavy atom. The molecule has 0 saturated heterocycles. The molecule has 0 amide bonds. The molecule has 0 unspecified atom stereocenters. The van der Waals surface area contributed by atoms with E-state index < -0.39 is 12.0 Å². The number of aromatic nitrogens is 3. The number of allylic oxidation sites excluding steroid dienone is 1. The predicted octanol–water partition coefficient (Wildman–Crippen LogP) is 4.05. The van der Waals surface area contributed by atoms with Crippen LogP contribution in [0.2, 0.25) is 0 Å². The third-order valence-corrected chi connectivity index (χ3v) is 7.94. The molecule has 41 heavy (non-hydrogen) atoms. The normalized spacial score (nSPS) is 15.0. The van der Waals surface area contributed by atoms with E-state index in [9.17, 15) is 9.59 Å². The number of esters is 1. The van der Waals surface area contributed by atoms with Gasteiger partial charge in [0.25, 0.3) is 5.56 Å². The molecule has 1 atom stereocenters. The first-order chi connectivity index (χ1) is 19.8. The summed E-state index contributed by atoms with van der Waals surface area (Å²) in [4.78, 5) is 40.8. The Balaban J connectivity index is 1.60. The van der Waals surface area contributed by atoms with Gasteiger partial charge in [0.05, 0.1) is 42.2 Å². The average molecular weight is 593 g/mol. The monoisotopic (exact) mass is 592 g/mol. The quantitative estimate of drug-likeness (QED) is 0.210. The zero-order valence-corrected chi connectivity index (χ0v) is 24.8. The lowest BCUT2D eigenvalue weighted by Gasteiger charge is -2.25. The summed E-state index contributed by atoms with van der Waals surface area (Å²) >= 11 is 2.51. The summed E-state index contributed by atoms with van der Waals surface area (Å²) in [5.41, 5.74) is 1.97. The van der Waals surface area contributed by atoms with Crippen LogP contribution in [0, 0.1) is 6.92 Å². The van der Waals surface area contributed by atoms with E-state index in [1.54, 1.807) is 57.5 Å². The molecule has 4 heterocycles. The van der Waals surface area contributed by atoms with Crippen LogP contribution >= 0.6 is 23.1 Å². The van der Waals surface area contributed by atoms with Crippen molar-refractivity contribution in [3.8, 4) is 11.5 Å².